The highest BCUT2D eigenvalue weighted by atomic mass is 16.5. The number of esters is 1. The zero-order chi connectivity index (χ0) is 16.9. The lowest BCUT2D eigenvalue weighted by Crippen LogP contribution is -2.29. The average molecular weight is 327 g/mol. The molecule has 3 heterocycles. The summed E-state index contributed by atoms with van der Waals surface area (Å²) in [5, 5.41) is 7.40. The summed E-state index contributed by atoms with van der Waals surface area (Å²) in [7, 11) is 0. The Morgan fingerprint density at radius 2 is 2.12 bits per heavy atom. The molecule has 7 nitrogen and oxygen atoms in total. The molecule has 3 rings (SSSR count). The van der Waals surface area contributed by atoms with Gasteiger partial charge >= 0.3 is 5.97 Å². The van der Waals surface area contributed by atoms with E-state index in [1.807, 2.05) is 19.1 Å². The first kappa shape index (κ1) is 16.2. The highest BCUT2D eigenvalue weighted by molar-refractivity contribution is 5.92. The SMILES string of the molecule is CCCCCOC(=O)C1=C(C)Nc2ncnn2[C@H]1c1ccncc1. The third-order valence-electron chi connectivity index (χ3n) is 4.02. The van der Waals surface area contributed by atoms with Gasteiger partial charge in [0.25, 0.3) is 0 Å². The third-order valence-corrected chi connectivity index (χ3v) is 4.02. The number of carbonyl (C=O) groups excluding carboxylic acids is 1. The summed E-state index contributed by atoms with van der Waals surface area (Å²) in [6.07, 6.45) is 7.88. The van der Waals surface area contributed by atoms with E-state index in [-0.39, 0.29) is 12.0 Å². The normalized spacial score (nSPS) is 16.5. The summed E-state index contributed by atoms with van der Waals surface area (Å²) in [6.45, 7) is 4.40. The van der Waals surface area contributed by atoms with Gasteiger partial charge in [-0.05, 0) is 31.0 Å². The number of hydrogen-bond acceptors (Lipinski definition) is 6. The fourth-order valence-electron chi connectivity index (χ4n) is 2.80. The molecule has 7 heteroatoms. The number of nitrogens with zero attached hydrogens (tertiary/aromatic N) is 4. The number of carbonyl (C=O) groups is 1. The van der Waals surface area contributed by atoms with Crippen LogP contribution in [0.3, 0.4) is 0 Å². The quantitative estimate of drug-likeness (QED) is 0.649. The van der Waals surface area contributed by atoms with E-state index in [0.717, 1.165) is 30.5 Å². The zero-order valence-electron chi connectivity index (χ0n) is 13.9. The van der Waals surface area contributed by atoms with Crippen LogP contribution in [-0.2, 0) is 9.53 Å². The minimum Gasteiger partial charge on any atom is -0.462 e. The van der Waals surface area contributed by atoms with Crippen molar-refractivity contribution in [1.82, 2.24) is 19.7 Å². The fourth-order valence-corrected chi connectivity index (χ4v) is 2.80. The van der Waals surface area contributed by atoms with Crippen molar-refractivity contribution in [3.63, 3.8) is 0 Å². The van der Waals surface area contributed by atoms with Crippen molar-refractivity contribution in [3.05, 3.63) is 47.7 Å². The van der Waals surface area contributed by atoms with Gasteiger partial charge in [0.15, 0.2) is 0 Å². The molecule has 0 bridgehead atoms. The maximum Gasteiger partial charge on any atom is 0.338 e. The fraction of sp³-hybridized carbons (Fsp3) is 0.412. The van der Waals surface area contributed by atoms with E-state index in [2.05, 4.69) is 27.3 Å². The number of rotatable bonds is 6. The van der Waals surface area contributed by atoms with Crippen molar-refractivity contribution in [2.45, 2.75) is 39.2 Å². The number of aromatic nitrogens is 4. The molecule has 0 amide bonds. The monoisotopic (exact) mass is 327 g/mol. The van der Waals surface area contributed by atoms with Crippen LogP contribution < -0.4 is 5.32 Å². The number of fused-ring (bicyclic) bond motifs is 1. The predicted molar refractivity (Wildman–Crippen MR) is 89.2 cm³/mol. The number of hydrogen-bond donors (Lipinski definition) is 1. The molecular weight excluding hydrogens is 306 g/mol. The summed E-state index contributed by atoms with van der Waals surface area (Å²) < 4.78 is 7.18. The first-order chi connectivity index (χ1) is 11.7. The van der Waals surface area contributed by atoms with Gasteiger partial charge in [0.2, 0.25) is 5.95 Å². The van der Waals surface area contributed by atoms with Crippen molar-refractivity contribution >= 4 is 11.9 Å². The van der Waals surface area contributed by atoms with Crippen molar-refractivity contribution < 1.29 is 9.53 Å². The lowest BCUT2D eigenvalue weighted by atomic mass is 9.96. The number of pyridine rings is 1. The molecule has 0 unspecified atom stereocenters. The maximum atomic E-state index is 12.7. The van der Waals surface area contributed by atoms with Crippen molar-refractivity contribution in [3.8, 4) is 0 Å². The molecule has 0 aromatic carbocycles. The predicted octanol–water partition coefficient (Wildman–Crippen LogP) is 2.70. The van der Waals surface area contributed by atoms with E-state index >= 15 is 0 Å². The molecule has 0 saturated heterocycles. The lowest BCUT2D eigenvalue weighted by Gasteiger charge is -2.28. The van der Waals surface area contributed by atoms with Gasteiger partial charge in [-0.1, -0.05) is 19.8 Å². The Hall–Kier alpha value is -2.70. The molecule has 24 heavy (non-hydrogen) atoms. The molecular formula is C17H21N5O2. The minimum atomic E-state index is -0.370. The molecule has 2 aromatic rings. The summed E-state index contributed by atoms with van der Waals surface area (Å²) in [5.74, 6) is 0.288. The second-order valence-electron chi connectivity index (χ2n) is 5.72. The Kier molecular flexibility index (Phi) is 4.88. The first-order valence-corrected chi connectivity index (χ1v) is 8.16. The molecule has 1 aliphatic heterocycles. The highest BCUT2D eigenvalue weighted by Gasteiger charge is 2.34. The van der Waals surface area contributed by atoms with Crippen molar-refractivity contribution in [2.24, 2.45) is 0 Å². The summed E-state index contributed by atoms with van der Waals surface area (Å²) >= 11 is 0. The van der Waals surface area contributed by atoms with E-state index in [1.165, 1.54) is 6.33 Å². The van der Waals surface area contributed by atoms with Crippen molar-refractivity contribution in [1.29, 1.82) is 0 Å². The molecule has 0 fully saturated rings. The van der Waals surface area contributed by atoms with E-state index < -0.39 is 0 Å². The lowest BCUT2D eigenvalue weighted by molar-refractivity contribution is -0.139. The first-order valence-electron chi connectivity index (χ1n) is 8.16. The van der Waals surface area contributed by atoms with Gasteiger partial charge in [0.05, 0.1) is 12.2 Å². The van der Waals surface area contributed by atoms with Gasteiger partial charge in [0.1, 0.15) is 12.4 Å². The zero-order valence-corrected chi connectivity index (χ0v) is 13.9. The van der Waals surface area contributed by atoms with E-state index in [9.17, 15) is 4.79 Å². The Balaban J connectivity index is 1.91. The largest absolute Gasteiger partial charge is 0.462 e. The Morgan fingerprint density at radius 3 is 2.88 bits per heavy atom. The summed E-state index contributed by atoms with van der Waals surface area (Å²) in [4.78, 5) is 20.9. The molecule has 0 saturated carbocycles. The second kappa shape index (κ2) is 7.25. The van der Waals surface area contributed by atoms with Crippen LogP contribution in [0.5, 0.6) is 0 Å². The average Bonchev–Trinajstić information content (AvgIpc) is 3.06. The molecule has 1 N–H and O–H groups in total. The van der Waals surface area contributed by atoms with Gasteiger partial charge in [-0.2, -0.15) is 10.1 Å². The topological polar surface area (TPSA) is 81.9 Å². The molecule has 0 radical (unpaired) electrons. The van der Waals surface area contributed by atoms with Gasteiger partial charge in [-0.25, -0.2) is 9.48 Å². The number of allylic oxidation sites excluding steroid dienone is 1. The van der Waals surface area contributed by atoms with Crippen LogP contribution in [0.4, 0.5) is 5.95 Å². The number of anilines is 1. The summed E-state index contributed by atoms with van der Waals surface area (Å²) in [6, 6.07) is 3.38. The third kappa shape index (κ3) is 3.15. The van der Waals surface area contributed by atoms with Crippen LogP contribution >= 0.6 is 0 Å². The van der Waals surface area contributed by atoms with Gasteiger partial charge in [0, 0.05) is 18.1 Å². The van der Waals surface area contributed by atoms with Crippen LogP contribution in [0.1, 0.15) is 44.7 Å². The Bertz CT molecular complexity index is 738. The number of ether oxygens (including phenoxy) is 1. The van der Waals surface area contributed by atoms with E-state index in [1.54, 1.807) is 17.1 Å². The van der Waals surface area contributed by atoms with Crippen LogP contribution in [0, 0.1) is 0 Å². The number of unbranched alkanes of at least 4 members (excludes halogenated alkanes) is 2. The molecule has 0 spiro atoms. The van der Waals surface area contributed by atoms with Crippen LogP contribution in [0.15, 0.2) is 42.1 Å². The van der Waals surface area contributed by atoms with Crippen molar-refractivity contribution in [2.75, 3.05) is 11.9 Å². The second-order valence-corrected chi connectivity index (χ2v) is 5.72. The minimum absolute atomic E-state index is 0.320. The van der Waals surface area contributed by atoms with Crippen LogP contribution in [0.25, 0.3) is 0 Å². The summed E-state index contributed by atoms with van der Waals surface area (Å²) in [5.41, 5.74) is 2.20. The van der Waals surface area contributed by atoms with E-state index in [0.29, 0.717) is 18.1 Å². The van der Waals surface area contributed by atoms with Gasteiger partial charge in [-0.3, -0.25) is 4.98 Å². The smallest absolute Gasteiger partial charge is 0.338 e. The Morgan fingerprint density at radius 1 is 1.33 bits per heavy atom. The maximum absolute atomic E-state index is 12.7. The molecule has 1 aliphatic rings. The Labute approximate surface area is 140 Å². The molecule has 126 valence electrons. The highest BCUT2D eigenvalue weighted by Crippen LogP contribution is 2.34. The van der Waals surface area contributed by atoms with Gasteiger partial charge in [-0.15, -0.1) is 0 Å². The molecule has 0 aliphatic carbocycles. The van der Waals surface area contributed by atoms with Crippen LogP contribution in [-0.4, -0.2) is 32.3 Å². The number of nitrogens with one attached hydrogen (secondary N) is 1. The van der Waals surface area contributed by atoms with Crippen LogP contribution in [0.2, 0.25) is 0 Å². The molecule has 1 atom stereocenters. The standard InChI is InChI=1S/C17H21N5O2/c1-3-4-5-10-24-16(23)14-12(2)21-17-19-11-20-22(17)15(14)13-6-8-18-9-7-13/h6-9,11,15H,3-5,10H2,1-2H3,(H,19,20,21)/t15-/m0/s1. The van der Waals surface area contributed by atoms with E-state index in [4.69, 9.17) is 4.74 Å². The van der Waals surface area contributed by atoms with Gasteiger partial charge < -0.3 is 10.1 Å². The molecule has 2 aromatic heterocycles.